The van der Waals surface area contributed by atoms with Crippen LogP contribution in [0.3, 0.4) is 0 Å². The predicted octanol–water partition coefficient (Wildman–Crippen LogP) is 2.29. The normalized spacial score (nSPS) is 11.3. The van der Waals surface area contributed by atoms with Gasteiger partial charge < -0.3 is 10.7 Å². The Morgan fingerprint density at radius 1 is 1.43 bits per heavy atom. The molecule has 0 radical (unpaired) electrons. The molecular formula is C14H22N4O3. The average molecular weight is 294 g/mol. The minimum atomic E-state index is -0.579. The molecule has 7 nitrogen and oxygen atoms in total. The first kappa shape index (κ1) is 16.9. The van der Waals surface area contributed by atoms with Crippen LogP contribution in [-0.2, 0) is 0 Å². The highest BCUT2D eigenvalue weighted by Gasteiger charge is 2.24. The third-order valence-electron chi connectivity index (χ3n) is 3.88. The molecule has 0 spiro atoms. The number of carbonyl (C=O) groups excluding carboxylic acids is 1. The Morgan fingerprint density at radius 3 is 2.52 bits per heavy atom. The number of hydrogen-bond donors (Lipinski definition) is 3. The van der Waals surface area contributed by atoms with Crippen LogP contribution in [0.5, 0.6) is 0 Å². The lowest BCUT2D eigenvalue weighted by Crippen LogP contribution is -2.37. The van der Waals surface area contributed by atoms with Gasteiger partial charge in [-0.05, 0) is 23.5 Å². The molecule has 1 rings (SSSR count). The van der Waals surface area contributed by atoms with Crippen LogP contribution in [0.4, 0.5) is 11.4 Å². The third-order valence-corrected chi connectivity index (χ3v) is 3.88. The highest BCUT2D eigenvalue weighted by molar-refractivity contribution is 5.95. The van der Waals surface area contributed by atoms with Crippen molar-refractivity contribution in [1.29, 1.82) is 0 Å². The standard InChI is InChI=1S/C14H22N4O3/c1-9(2)14(3,4)8-16-13(19)10-5-6-11(17-15)12(7-10)18(20)21/h5-7,9,17H,8,15H2,1-4H3,(H,16,19). The van der Waals surface area contributed by atoms with Gasteiger partial charge in [0.25, 0.3) is 11.6 Å². The summed E-state index contributed by atoms with van der Waals surface area (Å²) >= 11 is 0. The van der Waals surface area contributed by atoms with Gasteiger partial charge in [0.1, 0.15) is 5.69 Å². The summed E-state index contributed by atoms with van der Waals surface area (Å²) in [4.78, 5) is 22.5. The van der Waals surface area contributed by atoms with E-state index in [0.717, 1.165) is 0 Å². The second-order valence-corrected chi connectivity index (χ2v) is 5.96. The minimum absolute atomic E-state index is 0.0552. The van der Waals surface area contributed by atoms with Crippen LogP contribution in [0.25, 0.3) is 0 Å². The number of amides is 1. The van der Waals surface area contributed by atoms with Crippen LogP contribution >= 0.6 is 0 Å². The van der Waals surface area contributed by atoms with E-state index in [1.54, 1.807) is 0 Å². The molecule has 0 aliphatic rings. The molecule has 0 unspecified atom stereocenters. The monoisotopic (exact) mass is 294 g/mol. The maximum Gasteiger partial charge on any atom is 0.294 e. The van der Waals surface area contributed by atoms with E-state index in [1.165, 1.54) is 18.2 Å². The molecule has 7 heteroatoms. The zero-order valence-electron chi connectivity index (χ0n) is 12.8. The van der Waals surface area contributed by atoms with Gasteiger partial charge in [0, 0.05) is 18.2 Å². The van der Waals surface area contributed by atoms with E-state index in [4.69, 9.17) is 5.84 Å². The van der Waals surface area contributed by atoms with Crippen molar-refractivity contribution in [3.05, 3.63) is 33.9 Å². The van der Waals surface area contributed by atoms with Crippen LogP contribution in [0.2, 0.25) is 0 Å². The highest BCUT2D eigenvalue weighted by Crippen LogP contribution is 2.26. The first-order valence-electron chi connectivity index (χ1n) is 6.72. The molecule has 116 valence electrons. The first-order chi connectivity index (χ1) is 9.69. The SMILES string of the molecule is CC(C)C(C)(C)CNC(=O)c1ccc(NN)c([N+](=O)[O-])c1. The lowest BCUT2D eigenvalue weighted by Gasteiger charge is -2.29. The van der Waals surface area contributed by atoms with Gasteiger partial charge in [-0.2, -0.15) is 0 Å². The van der Waals surface area contributed by atoms with Crippen molar-refractivity contribution in [2.45, 2.75) is 27.7 Å². The van der Waals surface area contributed by atoms with E-state index in [0.29, 0.717) is 12.5 Å². The summed E-state index contributed by atoms with van der Waals surface area (Å²) in [6.45, 7) is 8.77. The largest absolute Gasteiger partial charge is 0.351 e. The van der Waals surface area contributed by atoms with Gasteiger partial charge in [0.05, 0.1) is 4.92 Å². The van der Waals surface area contributed by atoms with Gasteiger partial charge in [-0.3, -0.25) is 20.8 Å². The van der Waals surface area contributed by atoms with Crippen molar-refractivity contribution in [2.24, 2.45) is 17.2 Å². The Bertz CT molecular complexity index is 541. The number of nitro groups is 1. The maximum atomic E-state index is 12.1. The fourth-order valence-electron chi connectivity index (χ4n) is 1.56. The van der Waals surface area contributed by atoms with Crippen molar-refractivity contribution in [2.75, 3.05) is 12.0 Å². The summed E-state index contributed by atoms with van der Waals surface area (Å²) in [6, 6.07) is 4.13. The summed E-state index contributed by atoms with van der Waals surface area (Å²) in [6.07, 6.45) is 0. The lowest BCUT2D eigenvalue weighted by atomic mass is 9.81. The molecule has 0 aliphatic carbocycles. The number of carbonyl (C=O) groups is 1. The van der Waals surface area contributed by atoms with Crippen molar-refractivity contribution in [3.63, 3.8) is 0 Å². The molecule has 0 saturated carbocycles. The minimum Gasteiger partial charge on any atom is -0.351 e. The van der Waals surface area contributed by atoms with Gasteiger partial charge in [0.2, 0.25) is 0 Å². The Hall–Kier alpha value is -2.15. The van der Waals surface area contributed by atoms with Crippen LogP contribution in [0, 0.1) is 21.4 Å². The first-order valence-corrected chi connectivity index (χ1v) is 6.72. The quantitative estimate of drug-likeness (QED) is 0.423. The molecule has 0 aliphatic heterocycles. The van der Waals surface area contributed by atoms with E-state index in [9.17, 15) is 14.9 Å². The number of benzene rings is 1. The number of nitrogens with two attached hydrogens (primary N) is 1. The number of rotatable bonds is 6. The summed E-state index contributed by atoms with van der Waals surface area (Å²) < 4.78 is 0. The van der Waals surface area contributed by atoms with Crippen molar-refractivity contribution in [3.8, 4) is 0 Å². The summed E-state index contributed by atoms with van der Waals surface area (Å²) in [5.74, 6) is 5.27. The molecule has 0 bridgehead atoms. The molecule has 0 atom stereocenters. The van der Waals surface area contributed by atoms with E-state index in [-0.39, 0.29) is 28.3 Å². The van der Waals surface area contributed by atoms with Gasteiger partial charge in [-0.25, -0.2) is 0 Å². The zero-order valence-corrected chi connectivity index (χ0v) is 12.8. The van der Waals surface area contributed by atoms with Gasteiger partial charge in [-0.1, -0.05) is 27.7 Å². The predicted molar refractivity (Wildman–Crippen MR) is 81.9 cm³/mol. The number of hydrogen-bond acceptors (Lipinski definition) is 5. The topological polar surface area (TPSA) is 110 Å². The Morgan fingerprint density at radius 2 is 2.05 bits per heavy atom. The van der Waals surface area contributed by atoms with E-state index >= 15 is 0 Å². The van der Waals surface area contributed by atoms with Gasteiger partial charge in [-0.15, -0.1) is 0 Å². The zero-order chi connectivity index (χ0) is 16.2. The second kappa shape index (κ2) is 6.53. The number of nitrogen functional groups attached to an aromatic ring is 1. The molecular weight excluding hydrogens is 272 g/mol. The number of hydrazine groups is 1. The van der Waals surface area contributed by atoms with Crippen LogP contribution < -0.4 is 16.6 Å². The van der Waals surface area contributed by atoms with Crippen LogP contribution in [0.1, 0.15) is 38.1 Å². The second-order valence-electron chi connectivity index (χ2n) is 5.96. The number of anilines is 1. The van der Waals surface area contributed by atoms with E-state index in [1.807, 2.05) is 0 Å². The third kappa shape index (κ3) is 4.16. The Balaban J connectivity index is 2.89. The number of nitro benzene ring substituents is 1. The Labute approximate surface area is 124 Å². The molecule has 0 heterocycles. The van der Waals surface area contributed by atoms with Crippen molar-refractivity contribution in [1.82, 2.24) is 5.32 Å². The number of nitrogens with one attached hydrogen (secondary N) is 2. The van der Waals surface area contributed by atoms with Gasteiger partial charge >= 0.3 is 0 Å². The van der Waals surface area contributed by atoms with Crippen molar-refractivity contribution < 1.29 is 9.72 Å². The Kier molecular flexibility index (Phi) is 5.26. The molecule has 0 fully saturated rings. The molecule has 0 saturated heterocycles. The summed E-state index contributed by atoms with van der Waals surface area (Å²) in [7, 11) is 0. The van der Waals surface area contributed by atoms with Crippen LogP contribution in [0.15, 0.2) is 18.2 Å². The lowest BCUT2D eigenvalue weighted by molar-refractivity contribution is -0.384. The molecule has 1 amide bonds. The molecule has 4 N–H and O–H groups in total. The van der Waals surface area contributed by atoms with Crippen molar-refractivity contribution >= 4 is 17.3 Å². The highest BCUT2D eigenvalue weighted by atomic mass is 16.6. The summed E-state index contributed by atoms with van der Waals surface area (Å²) in [5.41, 5.74) is 2.36. The van der Waals surface area contributed by atoms with E-state index < -0.39 is 4.92 Å². The summed E-state index contributed by atoms with van der Waals surface area (Å²) in [5, 5.41) is 13.8. The smallest absolute Gasteiger partial charge is 0.294 e. The molecule has 1 aromatic carbocycles. The molecule has 0 aromatic heterocycles. The van der Waals surface area contributed by atoms with E-state index in [2.05, 4.69) is 38.4 Å². The number of nitrogens with zero attached hydrogens (tertiary/aromatic N) is 1. The average Bonchev–Trinajstić information content (AvgIpc) is 2.43. The van der Waals surface area contributed by atoms with Crippen LogP contribution in [-0.4, -0.2) is 17.4 Å². The fourth-order valence-corrected chi connectivity index (χ4v) is 1.56. The fraction of sp³-hybridized carbons (Fsp3) is 0.500. The maximum absolute atomic E-state index is 12.1. The molecule has 21 heavy (non-hydrogen) atoms. The molecule has 1 aromatic rings. The van der Waals surface area contributed by atoms with Gasteiger partial charge in [0.15, 0.2) is 0 Å².